The predicted molar refractivity (Wildman–Crippen MR) is 53.6 cm³/mol. The van der Waals surface area contributed by atoms with Gasteiger partial charge in [-0.15, -0.1) is 0 Å². The van der Waals surface area contributed by atoms with Crippen LogP contribution in [0.4, 0.5) is 0 Å². The van der Waals surface area contributed by atoms with Crippen molar-refractivity contribution in [1.82, 2.24) is 4.90 Å². The molecule has 0 heterocycles. The highest BCUT2D eigenvalue weighted by Crippen LogP contribution is 2.24. The summed E-state index contributed by atoms with van der Waals surface area (Å²) in [5.41, 5.74) is 5.11. The van der Waals surface area contributed by atoms with Crippen molar-refractivity contribution in [3.63, 3.8) is 0 Å². The Morgan fingerprint density at radius 3 is 2.86 bits per heavy atom. The van der Waals surface area contributed by atoms with E-state index in [2.05, 4.69) is 6.92 Å². The fourth-order valence-corrected chi connectivity index (χ4v) is 2.07. The Morgan fingerprint density at radius 2 is 2.29 bits per heavy atom. The van der Waals surface area contributed by atoms with Gasteiger partial charge >= 0.3 is 0 Å². The molecule has 2 atom stereocenters. The molecule has 1 saturated carbocycles. The summed E-state index contributed by atoms with van der Waals surface area (Å²) in [7, 11) is 1.85. The number of rotatable bonds is 3. The largest absolute Gasteiger partial charge is 0.369 e. The van der Waals surface area contributed by atoms with Gasteiger partial charge in [0.05, 0.1) is 6.54 Å². The Morgan fingerprint density at radius 1 is 1.64 bits per heavy atom. The number of Topliss-reactive ketones (excluding diaryl/α,β-unsaturated/α-hetero) is 1. The van der Waals surface area contributed by atoms with E-state index in [0.29, 0.717) is 24.5 Å². The van der Waals surface area contributed by atoms with E-state index in [4.69, 9.17) is 5.73 Å². The fourth-order valence-electron chi connectivity index (χ4n) is 2.07. The number of ketones is 1. The lowest BCUT2D eigenvalue weighted by Crippen LogP contribution is -2.45. The zero-order chi connectivity index (χ0) is 10.7. The van der Waals surface area contributed by atoms with Gasteiger partial charge < -0.3 is 5.73 Å². The van der Waals surface area contributed by atoms with Crippen molar-refractivity contribution in [1.29, 1.82) is 0 Å². The Hall–Kier alpha value is -0.900. The number of hydrogen-bond acceptors (Lipinski definition) is 3. The Kier molecular flexibility index (Phi) is 3.63. The molecule has 0 saturated heterocycles. The summed E-state index contributed by atoms with van der Waals surface area (Å²) in [5, 5.41) is 0. The van der Waals surface area contributed by atoms with Gasteiger partial charge in [0.1, 0.15) is 5.78 Å². The van der Waals surface area contributed by atoms with Crippen LogP contribution >= 0.6 is 0 Å². The van der Waals surface area contributed by atoms with Gasteiger partial charge in [-0.3, -0.25) is 14.5 Å². The minimum Gasteiger partial charge on any atom is -0.369 e. The van der Waals surface area contributed by atoms with Crippen LogP contribution in [-0.4, -0.2) is 36.2 Å². The number of carbonyl (C=O) groups excluding carboxylic acids is 2. The van der Waals surface area contributed by atoms with Crippen molar-refractivity contribution in [3.8, 4) is 0 Å². The summed E-state index contributed by atoms with van der Waals surface area (Å²) in [5.74, 6) is 0.430. The highest BCUT2D eigenvalue weighted by atomic mass is 16.1. The van der Waals surface area contributed by atoms with Gasteiger partial charge in [-0.2, -0.15) is 0 Å². The van der Waals surface area contributed by atoms with Crippen LogP contribution in [0.5, 0.6) is 0 Å². The molecule has 0 aromatic rings. The minimum atomic E-state index is -0.335. The first kappa shape index (κ1) is 11.2. The molecule has 0 aromatic carbocycles. The summed E-state index contributed by atoms with van der Waals surface area (Å²) in [6.07, 6.45) is 2.17. The van der Waals surface area contributed by atoms with Crippen molar-refractivity contribution < 1.29 is 9.59 Å². The average molecular weight is 198 g/mol. The molecule has 2 unspecified atom stereocenters. The maximum Gasteiger partial charge on any atom is 0.231 e. The molecule has 0 aromatic heterocycles. The Bertz CT molecular complexity index is 240. The molecule has 0 aliphatic heterocycles. The number of amides is 1. The van der Waals surface area contributed by atoms with E-state index in [1.54, 1.807) is 0 Å². The van der Waals surface area contributed by atoms with Crippen molar-refractivity contribution in [2.24, 2.45) is 11.7 Å². The lowest BCUT2D eigenvalue weighted by molar-refractivity contribution is -0.125. The summed E-state index contributed by atoms with van der Waals surface area (Å²) in [6, 6.07) is 0.184. The fraction of sp³-hybridized carbons (Fsp3) is 0.800. The molecule has 0 bridgehead atoms. The molecule has 1 amide bonds. The van der Waals surface area contributed by atoms with Gasteiger partial charge in [-0.25, -0.2) is 0 Å². The lowest BCUT2D eigenvalue weighted by atomic mass is 9.84. The molecule has 1 fully saturated rings. The summed E-state index contributed by atoms with van der Waals surface area (Å²) < 4.78 is 0. The van der Waals surface area contributed by atoms with E-state index in [1.165, 1.54) is 0 Å². The van der Waals surface area contributed by atoms with Crippen LogP contribution in [0.15, 0.2) is 0 Å². The van der Waals surface area contributed by atoms with Crippen LogP contribution < -0.4 is 5.73 Å². The van der Waals surface area contributed by atoms with Crippen LogP contribution in [0.1, 0.15) is 26.2 Å². The Balaban J connectivity index is 2.55. The zero-order valence-corrected chi connectivity index (χ0v) is 8.82. The number of hydrogen-bond donors (Lipinski definition) is 1. The van der Waals surface area contributed by atoms with Crippen LogP contribution in [0.25, 0.3) is 0 Å². The van der Waals surface area contributed by atoms with Crippen LogP contribution in [0.2, 0.25) is 0 Å². The second kappa shape index (κ2) is 4.55. The highest BCUT2D eigenvalue weighted by Gasteiger charge is 2.29. The van der Waals surface area contributed by atoms with E-state index < -0.39 is 0 Å². The third-order valence-electron chi connectivity index (χ3n) is 2.94. The number of primary amides is 1. The smallest absolute Gasteiger partial charge is 0.231 e. The lowest BCUT2D eigenvalue weighted by Gasteiger charge is -2.34. The van der Waals surface area contributed by atoms with Crippen molar-refractivity contribution in [2.45, 2.75) is 32.2 Å². The molecule has 1 aliphatic carbocycles. The third-order valence-corrected chi connectivity index (χ3v) is 2.94. The maximum absolute atomic E-state index is 11.3. The van der Waals surface area contributed by atoms with Crippen LogP contribution in [-0.2, 0) is 9.59 Å². The van der Waals surface area contributed by atoms with Gasteiger partial charge in [0.2, 0.25) is 5.91 Å². The molecular weight excluding hydrogens is 180 g/mol. The number of nitrogens with two attached hydrogens (primary N) is 1. The molecule has 4 nitrogen and oxygen atoms in total. The summed E-state index contributed by atoms with van der Waals surface area (Å²) >= 11 is 0. The standard InChI is InChI=1S/C10H18N2O2/c1-7-3-4-8(13)5-9(7)12(2)6-10(11)14/h7,9H,3-6H2,1-2H3,(H2,11,14). The number of likely N-dealkylation sites (N-methyl/N-ethyl adjacent to an activating group) is 1. The Labute approximate surface area is 84.4 Å². The SMILES string of the molecule is CC1CCC(=O)CC1N(C)CC(N)=O. The van der Waals surface area contributed by atoms with E-state index in [9.17, 15) is 9.59 Å². The molecule has 80 valence electrons. The number of nitrogens with zero attached hydrogens (tertiary/aromatic N) is 1. The first-order valence-electron chi connectivity index (χ1n) is 5.01. The molecule has 1 aliphatic rings. The summed E-state index contributed by atoms with van der Waals surface area (Å²) in [6.45, 7) is 2.36. The van der Waals surface area contributed by atoms with E-state index in [0.717, 1.165) is 6.42 Å². The van der Waals surface area contributed by atoms with Crippen molar-refractivity contribution in [3.05, 3.63) is 0 Å². The quantitative estimate of drug-likeness (QED) is 0.702. The summed E-state index contributed by atoms with van der Waals surface area (Å²) in [4.78, 5) is 23.9. The predicted octanol–water partition coefficient (Wildman–Crippen LogP) is 0.161. The van der Waals surface area contributed by atoms with E-state index >= 15 is 0 Å². The van der Waals surface area contributed by atoms with Crippen LogP contribution in [0.3, 0.4) is 0 Å². The van der Waals surface area contributed by atoms with Crippen molar-refractivity contribution in [2.75, 3.05) is 13.6 Å². The van der Waals surface area contributed by atoms with Gasteiger partial charge in [0.15, 0.2) is 0 Å². The average Bonchev–Trinajstić information content (AvgIpc) is 2.08. The normalized spacial score (nSPS) is 28.1. The van der Waals surface area contributed by atoms with E-state index in [1.807, 2.05) is 11.9 Å². The second-order valence-corrected chi connectivity index (χ2v) is 4.21. The first-order valence-corrected chi connectivity index (χ1v) is 5.01. The second-order valence-electron chi connectivity index (χ2n) is 4.21. The van der Waals surface area contributed by atoms with Crippen LogP contribution in [0, 0.1) is 5.92 Å². The van der Waals surface area contributed by atoms with E-state index in [-0.39, 0.29) is 18.5 Å². The molecule has 0 radical (unpaired) electrons. The molecule has 0 spiro atoms. The van der Waals surface area contributed by atoms with Gasteiger partial charge in [-0.05, 0) is 19.4 Å². The highest BCUT2D eigenvalue weighted by molar-refractivity contribution is 5.80. The molecular formula is C10H18N2O2. The molecule has 4 heteroatoms. The molecule has 2 N–H and O–H groups in total. The number of carbonyl (C=O) groups is 2. The maximum atomic E-state index is 11.3. The topological polar surface area (TPSA) is 63.4 Å². The molecule has 14 heavy (non-hydrogen) atoms. The van der Waals surface area contributed by atoms with Gasteiger partial charge in [0.25, 0.3) is 0 Å². The van der Waals surface area contributed by atoms with Crippen molar-refractivity contribution >= 4 is 11.7 Å². The van der Waals surface area contributed by atoms with Gasteiger partial charge in [-0.1, -0.05) is 6.92 Å². The third kappa shape index (κ3) is 2.80. The van der Waals surface area contributed by atoms with Gasteiger partial charge in [0, 0.05) is 18.9 Å². The molecule has 1 rings (SSSR count). The minimum absolute atomic E-state index is 0.184. The zero-order valence-electron chi connectivity index (χ0n) is 8.82. The monoisotopic (exact) mass is 198 g/mol. The first-order chi connectivity index (χ1) is 6.50.